The number of sulfonamides is 1. The number of urea groups is 1. The minimum Gasteiger partial charge on any atom is -0.486 e. The summed E-state index contributed by atoms with van der Waals surface area (Å²) in [7, 11) is -3.89. The number of hydrogen-bond donors (Lipinski definition) is 3. The van der Waals surface area contributed by atoms with Crippen molar-refractivity contribution in [2.24, 2.45) is 0 Å². The van der Waals surface area contributed by atoms with Crippen LogP contribution in [-0.4, -0.2) is 56.5 Å². The molecule has 1 fully saturated rings. The van der Waals surface area contributed by atoms with Gasteiger partial charge >= 0.3 is 6.03 Å². The van der Waals surface area contributed by atoms with Gasteiger partial charge < -0.3 is 20.1 Å². The fourth-order valence-electron chi connectivity index (χ4n) is 3.50. The standard InChI is InChI=1S/C22H24N4O7S/c1-3-22(2)20(28)26(21(29)24-22)13-19(27)23-14-4-6-15(7-5-14)25-34(30,31)16-8-9-17-18(12-16)33-11-10-32-17/h4-9,12,25H,3,10-11,13H2,1-2H3,(H,23,27)(H,24,29)/t22-/m1/s1. The number of ether oxygens (including phenoxy) is 2. The van der Waals surface area contributed by atoms with Crippen molar-refractivity contribution in [2.45, 2.75) is 30.7 Å². The van der Waals surface area contributed by atoms with E-state index in [0.29, 0.717) is 36.8 Å². The van der Waals surface area contributed by atoms with E-state index in [0.717, 1.165) is 4.90 Å². The van der Waals surface area contributed by atoms with Crippen molar-refractivity contribution in [3.63, 3.8) is 0 Å². The van der Waals surface area contributed by atoms with Gasteiger partial charge in [-0.05, 0) is 49.7 Å². The quantitative estimate of drug-likeness (QED) is 0.505. The highest BCUT2D eigenvalue weighted by Crippen LogP contribution is 2.32. The Hall–Kier alpha value is -3.80. The number of carbonyl (C=O) groups excluding carboxylic acids is 3. The molecule has 2 aromatic carbocycles. The summed E-state index contributed by atoms with van der Waals surface area (Å²) in [5, 5.41) is 5.18. The molecule has 0 spiro atoms. The summed E-state index contributed by atoms with van der Waals surface area (Å²) < 4.78 is 38.8. The summed E-state index contributed by atoms with van der Waals surface area (Å²) in [6, 6.07) is 9.70. The summed E-state index contributed by atoms with van der Waals surface area (Å²) in [4.78, 5) is 37.7. The van der Waals surface area contributed by atoms with Gasteiger partial charge in [0.2, 0.25) is 5.91 Å². The molecule has 180 valence electrons. The zero-order chi connectivity index (χ0) is 24.5. The lowest BCUT2D eigenvalue weighted by Gasteiger charge is -2.19. The molecule has 2 aliphatic rings. The second-order valence-electron chi connectivity index (χ2n) is 8.04. The number of nitrogens with zero attached hydrogens (tertiary/aromatic N) is 1. The Morgan fingerprint density at radius 1 is 1.06 bits per heavy atom. The molecule has 0 aliphatic carbocycles. The number of nitrogens with one attached hydrogen (secondary N) is 3. The fourth-order valence-corrected chi connectivity index (χ4v) is 4.57. The first-order valence-electron chi connectivity index (χ1n) is 10.6. The van der Waals surface area contributed by atoms with Crippen LogP contribution in [0.1, 0.15) is 20.3 Å². The third-order valence-corrected chi connectivity index (χ3v) is 6.98. The summed E-state index contributed by atoms with van der Waals surface area (Å²) in [6.45, 7) is 3.69. The van der Waals surface area contributed by atoms with E-state index < -0.39 is 40.0 Å². The number of fused-ring (bicyclic) bond motifs is 1. The zero-order valence-corrected chi connectivity index (χ0v) is 19.4. The van der Waals surface area contributed by atoms with Crippen molar-refractivity contribution < 1.29 is 32.3 Å². The number of benzene rings is 2. The molecule has 2 aromatic rings. The van der Waals surface area contributed by atoms with Crippen LogP contribution in [0.15, 0.2) is 47.4 Å². The average molecular weight is 489 g/mol. The predicted molar refractivity (Wildman–Crippen MR) is 122 cm³/mol. The molecule has 0 unspecified atom stereocenters. The summed E-state index contributed by atoms with van der Waals surface area (Å²) >= 11 is 0. The topological polar surface area (TPSA) is 143 Å². The van der Waals surface area contributed by atoms with Crippen molar-refractivity contribution >= 4 is 39.2 Å². The number of carbonyl (C=O) groups is 3. The van der Waals surface area contributed by atoms with Crippen LogP contribution in [0.4, 0.5) is 16.2 Å². The third kappa shape index (κ3) is 4.62. The van der Waals surface area contributed by atoms with E-state index >= 15 is 0 Å². The van der Waals surface area contributed by atoms with Gasteiger partial charge in [0.25, 0.3) is 15.9 Å². The van der Waals surface area contributed by atoms with Gasteiger partial charge in [-0.1, -0.05) is 6.92 Å². The normalized spacial score (nSPS) is 19.5. The first kappa shape index (κ1) is 23.4. The van der Waals surface area contributed by atoms with Gasteiger partial charge in [-0.2, -0.15) is 0 Å². The summed E-state index contributed by atoms with van der Waals surface area (Å²) in [5.41, 5.74) is -0.369. The largest absolute Gasteiger partial charge is 0.486 e. The Morgan fingerprint density at radius 2 is 1.71 bits per heavy atom. The first-order chi connectivity index (χ1) is 16.1. The molecular formula is C22H24N4O7S. The van der Waals surface area contributed by atoms with E-state index in [1.807, 2.05) is 0 Å². The van der Waals surface area contributed by atoms with Crippen molar-refractivity contribution in [3.05, 3.63) is 42.5 Å². The van der Waals surface area contributed by atoms with Gasteiger partial charge in [0.1, 0.15) is 25.3 Å². The molecule has 4 rings (SSSR count). The maximum absolute atomic E-state index is 12.7. The van der Waals surface area contributed by atoms with Crippen molar-refractivity contribution in [3.8, 4) is 11.5 Å². The highest BCUT2D eigenvalue weighted by Gasteiger charge is 2.46. The Balaban J connectivity index is 1.38. The molecule has 11 nitrogen and oxygen atoms in total. The molecule has 3 N–H and O–H groups in total. The Morgan fingerprint density at radius 3 is 2.35 bits per heavy atom. The number of imide groups is 1. The minimum atomic E-state index is -3.89. The molecule has 34 heavy (non-hydrogen) atoms. The van der Waals surface area contributed by atoms with Gasteiger partial charge in [0.15, 0.2) is 11.5 Å². The van der Waals surface area contributed by atoms with Crippen LogP contribution in [0.25, 0.3) is 0 Å². The number of amides is 4. The predicted octanol–water partition coefficient (Wildman–Crippen LogP) is 1.92. The Labute approximate surface area is 196 Å². The van der Waals surface area contributed by atoms with Gasteiger partial charge in [0.05, 0.1) is 4.90 Å². The van der Waals surface area contributed by atoms with Crippen molar-refractivity contribution in [1.29, 1.82) is 0 Å². The Kier molecular flexibility index (Phi) is 6.09. The van der Waals surface area contributed by atoms with E-state index in [1.54, 1.807) is 13.8 Å². The van der Waals surface area contributed by atoms with Crippen LogP contribution in [0, 0.1) is 0 Å². The maximum atomic E-state index is 12.7. The Bertz CT molecular complexity index is 1250. The van der Waals surface area contributed by atoms with Crippen LogP contribution >= 0.6 is 0 Å². The van der Waals surface area contributed by atoms with Gasteiger partial charge in [0, 0.05) is 17.4 Å². The molecule has 2 aliphatic heterocycles. The van der Waals surface area contributed by atoms with E-state index in [-0.39, 0.29) is 10.6 Å². The highest BCUT2D eigenvalue weighted by atomic mass is 32.2. The van der Waals surface area contributed by atoms with Crippen LogP contribution in [0.2, 0.25) is 0 Å². The van der Waals surface area contributed by atoms with E-state index in [1.165, 1.54) is 42.5 Å². The van der Waals surface area contributed by atoms with E-state index in [9.17, 15) is 22.8 Å². The van der Waals surface area contributed by atoms with Gasteiger partial charge in [-0.15, -0.1) is 0 Å². The molecule has 1 atom stereocenters. The SMILES string of the molecule is CC[C@@]1(C)NC(=O)N(CC(=O)Nc2ccc(NS(=O)(=O)c3ccc4c(c3)OCCO4)cc2)C1=O. The smallest absolute Gasteiger partial charge is 0.325 e. The van der Waals surface area contributed by atoms with Gasteiger partial charge in [-0.25, -0.2) is 13.2 Å². The molecule has 0 saturated carbocycles. The number of hydrogen-bond acceptors (Lipinski definition) is 7. The maximum Gasteiger partial charge on any atom is 0.325 e. The fraction of sp³-hybridized carbons (Fsp3) is 0.318. The second kappa shape index (κ2) is 8.86. The summed E-state index contributed by atoms with van der Waals surface area (Å²) in [6.07, 6.45) is 0.402. The van der Waals surface area contributed by atoms with Crippen LogP contribution in [0.3, 0.4) is 0 Å². The van der Waals surface area contributed by atoms with Gasteiger partial charge in [-0.3, -0.25) is 19.2 Å². The molecule has 0 aromatic heterocycles. The van der Waals surface area contributed by atoms with Crippen molar-refractivity contribution in [1.82, 2.24) is 10.2 Å². The molecule has 2 heterocycles. The summed E-state index contributed by atoms with van der Waals surface area (Å²) in [5.74, 6) is -0.179. The van der Waals surface area contributed by atoms with Crippen LogP contribution in [0.5, 0.6) is 11.5 Å². The van der Waals surface area contributed by atoms with E-state index in [2.05, 4.69) is 15.4 Å². The molecule has 0 radical (unpaired) electrons. The number of rotatable bonds is 7. The molecule has 1 saturated heterocycles. The highest BCUT2D eigenvalue weighted by molar-refractivity contribution is 7.92. The lowest BCUT2D eigenvalue weighted by molar-refractivity contribution is -0.133. The first-order valence-corrected chi connectivity index (χ1v) is 12.1. The molecule has 12 heteroatoms. The van der Waals surface area contributed by atoms with E-state index in [4.69, 9.17) is 9.47 Å². The molecular weight excluding hydrogens is 464 g/mol. The van der Waals surface area contributed by atoms with Crippen LogP contribution < -0.4 is 24.8 Å². The monoisotopic (exact) mass is 488 g/mol. The van der Waals surface area contributed by atoms with Crippen LogP contribution in [-0.2, 0) is 19.6 Å². The minimum absolute atomic E-state index is 0.0155. The zero-order valence-electron chi connectivity index (χ0n) is 18.6. The third-order valence-electron chi connectivity index (χ3n) is 5.60. The molecule has 4 amide bonds. The van der Waals surface area contributed by atoms with Crippen molar-refractivity contribution in [2.75, 3.05) is 29.8 Å². The lowest BCUT2D eigenvalue weighted by atomic mass is 9.99. The number of anilines is 2. The average Bonchev–Trinajstić information content (AvgIpc) is 3.03. The lowest BCUT2D eigenvalue weighted by Crippen LogP contribution is -2.44. The molecule has 0 bridgehead atoms. The second-order valence-corrected chi connectivity index (χ2v) is 9.73.